The van der Waals surface area contributed by atoms with Gasteiger partial charge < -0.3 is 10.6 Å². The lowest BCUT2D eigenvalue weighted by atomic mass is 10.0. The minimum absolute atomic E-state index is 0.573. The second-order valence-corrected chi connectivity index (χ2v) is 5.76. The predicted molar refractivity (Wildman–Crippen MR) is 71.0 cm³/mol. The van der Waals surface area contributed by atoms with E-state index in [4.69, 9.17) is 0 Å². The van der Waals surface area contributed by atoms with Crippen molar-refractivity contribution in [1.29, 1.82) is 0 Å². The van der Waals surface area contributed by atoms with Crippen molar-refractivity contribution in [3.05, 3.63) is 22.4 Å². The van der Waals surface area contributed by atoms with Crippen molar-refractivity contribution in [2.45, 2.75) is 18.6 Å². The van der Waals surface area contributed by atoms with Crippen molar-refractivity contribution in [3.63, 3.8) is 0 Å². The van der Waals surface area contributed by atoms with Crippen LogP contribution in [0.5, 0.6) is 0 Å². The number of urea groups is 1. The molecule has 1 aromatic heterocycles. The fourth-order valence-corrected chi connectivity index (χ4v) is 2.80. The molecule has 10 heteroatoms. The zero-order valence-corrected chi connectivity index (χ0v) is 12.2. The molecule has 0 aliphatic carbocycles. The summed E-state index contributed by atoms with van der Waals surface area (Å²) in [6, 6.07) is 2.53. The van der Waals surface area contributed by atoms with Gasteiger partial charge in [-0.1, -0.05) is 6.07 Å². The number of hydrogen-bond donors (Lipinski definition) is 2. The smallest absolute Gasteiger partial charge is 0.345 e. The molecule has 1 aromatic rings. The molecule has 1 aliphatic rings. The van der Waals surface area contributed by atoms with Crippen LogP contribution in [0.25, 0.3) is 0 Å². The monoisotopic (exact) mass is 335 g/mol. The van der Waals surface area contributed by atoms with Crippen LogP contribution in [-0.4, -0.2) is 42.0 Å². The Balaban J connectivity index is 2.05. The van der Waals surface area contributed by atoms with Gasteiger partial charge in [-0.3, -0.25) is 14.5 Å². The molecule has 0 saturated carbocycles. The van der Waals surface area contributed by atoms with Crippen LogP contribution in [0.3, 0.4) is 0 Å². The van der Waals surface area contributed by atoms with Crippen LogP contribution >= 0.6 is 11.3 Å². The van der Waals surface area contributed by atoms with Gasteiger partial charge in [0.25, 0.3) is 5.91 Å². The van der Waals surface area contributed by atoms with Crippen molar-refractivity contribution in [2.75, 3.05) is 13.1 Å². The molecule has 1 saturated heterocycles. The second-order valence-electron chi connectivity index (χ2n) is 4.82. The highest BCUT2D eigenvalue weighted by atomic mass is 32.1. The van der Waals surface area contributed by atoms with Crippen LogP contribution in [0.2, 0.25) is 0 Å². The van der Waals surface area contributed by atoms with Gasteiger partial charge in [-0.15, -0.1) is 11.3 Å². The number of nitrogens with one attached hydrogen (secondary N) is 2. The van der Waals surface area contributed by atoms with E-state index in [1.165, 1.54) is 18.3 Å². The maximum atomic E-state index is 12.3. The summed E-state index contributed by atoms with van der Waals surface area (Å²) in [6.45, 7) is -0.800. The third kappa shape index (κ3) is 3.21. The normalized spacial score (nSPS) is 21.9. The molecule has 1 aliphatic heterocycles. The SMILES string of the molecule is CC1(c2cccs2)NC(=O)N(CC(=O)NCC(F)(F)F)C1=O. The molecule has 6 nitrogen and oxygen atoms in total. The first-order valence-corrected chi connectivity index (χ1v) is 7.03. The lowest BCUT2D eigenvalue weighted by Crippen LogP contribution is -2.44. The van der Waals surface area contributed by atoms with Crippen LogP contribution in [0.1, 0.15) is 11.8 Å². The fourth-order valence-electron chi connectivity index (χ4n) is 1.97. The molecule has 0 spiro atoms. The Morgan fingerprint density at radius 1 is 1.45 bits per heavy atom. The molecule has 2 N–H and O–H groups in total. The van der Waals surface area contributed by atoms with Gasteiger partial charge in [-0.2, -0.15) is 13.2 Å². The van der Waals surface area contributed by atoms with Gasteiger partial charge in [0.2, 0.25) is 5.91 Å². The van der Waals surface area contributed by atoms with E-state index in [0.717, 1.165) is 0 Å². The number of imide groups is 1. The fraction of sp³-hybridized carbons (Fsp3) is 0.417. The van der Waals surface area contributed by atoms with Crippen LogP contribution in [0, 0.1) is 0 Å². The van der Waals surface area contributed by atoms with Crippen molar-refractivity contribution < 1.29 is 27.6 Å². The first-order valence-electron chi connectivity index (χ1n) is 6.15. The van der Waals surface area contributed by atoms with Crippen LogP contribution < -0.4 is 10.6 Å². The molecule has 0 radical (unpaired) electrons. The van der Waals surface area contributed by atoms with Gasteiger partial charge in [0.1, 0.15) is 13.1 Å². The molecular weight excluding hydrogens is 323 g/mol. The maximum absolute atomic E-state index is 12.3. The highest BCUT2D eigenvalue weighted by Crippen LogP contribution is 2.31. The second kappa shape index (κ2) is 5.59. The highest BCUT2D eigenvalue weighted by molar-refractivity contribution is 7.10. The number of amides is 4. The Morgan fingerprint density at radius 3 is 2.68 bits per heavy atom. The standard InChI is InChI=1S/C12H12F3N3O3S/c1-11(7-3-2-4-22-7)9(20)18(10(21)17-11)5-8(19)16-6-12(13,14)15/h2-4H,5-6H2,1H3,(H,16,19)(H,17,21). The van der Waals surface area contributed by atoms with E-state index in [2.05, 4.69) is 5.32 Å². The average Bonchev–Trinajstić information content (AvgIpc) is 3.00. The number of thiophene rings is 1. The maximum Gasteiger partial charge on any atom is 0.405 e. The Hall–Kier alpha value is -2.10. The van der Waals surface area contributed by atoms with Crippen molar-refractivity contribution in [1.82, 2.24) is 15.5 Å². The Kier molecular flexibility index (Phi) is 4.14. The minimum Gasteiger partial charge on any atom is -0.345 e. The lowest BCUT2D eigenvalue weighted by Gasteiger charge is -2.20. The summed E-state index contributed by atoms with van der Waals surface area (Å²) in [6.07, 6.45) is -4.56. The van der Waals surface area contributed by atoms with Crippen molar-refractivity contribution >= 4 is 29.2 Å². The Morgan fingerprint density at radius 2 is 2.14 bits per heavy atom. The quantitative estimate of drug-likeness (QED) is 0.812. The number of nitrogens with zero attached hydrogens (tertiary/aromatic N) is 1. The number of carbonyl (C=O) groups excluding carboxylic acids is 3. The summed E-state index contributed by atoms with van der Waals surface area (Å²) in [4.78, 5) is 36.8. The van der Waals surface area contributed by atoms with E-state index in [1.54, 1.807) is 22.8 Å². The number of hydrogen-bond acceptors (Lipinski definition) is 4. The summed E-state index contributed by atoms with van der Waals surface area (Å²) in [5.74, 6) is -1.74. The van der Waals surface area contributed by atoms with Crippen molar-refractivity contribution in [3.8, 4) is 0 Å². The molecule has 120 valence electrons. The van der Waals surface area contributed by atoms with Crippen LogP contribution in [-0.2, 0) is 15.1 Å². The third-order valence-corrected chi connectivity index (χ3v) is 4.17. The average molecular weight is 335 g/mol. The van der Waals surface area contributed by atoms with Gasteiger partial charge in [-0.05, 0) is 18.4 Å². The van der Waals surface area contributed by atoms with E-state index < -0.39 is 42.7 Å². The molecule has 1 atom stereocenters. The first-order chi connectivity index (χ1) is 10.1. The van der Waals surface area contributed by atoms with Gasteiger partial charge in [0, 0.05) is 4.88 Å². The topological polar surface area (TPSA) is 78.5 Å². The third-order valence-electron chi connectivity index (χ3n) is 3.08. The van der Waals surface area contributed by atoms with E-state index in [1.807, 2.05) is 0 Å². The van der Waals surface area contributed by atoms with E-state index in [-0.39, 0.29) is 0 Å². The summed E-state index contributed by atoms with van der Waals surface area (Å²) in [7, 11) is 0. The number of halogens is 3. The summed E-state index contributed by atoms with van der Waals surface area (Å²) in [5.41, 5.74) is -1.31. The molecule has 2 rings (SSSR count). The molecule has 0 aromatic carbocycles. The minimum atomic E-state index is -4.56. The van der Waals surface area contributed by atoms with Gasteiger partial charge in [0.15, 0.2) is 5.54 Å². The molecule has 1 unspecified atom stereocenters. The molecule has 1 fully saturated rings. The van der Waals surface area contributed by atoms with E-state index >= 15 is 0 Å². The van der Waals surface area contributed by atoms with Crippen LogP contribution in [0.4, 0.5) is 18.0 Å². The molecule has 0 bridgehead atoms. The summed E-state index contributed by atoms with van der Waals surface area (Å²) < 4.78 is 36.1. The van der Waals surface area contributed by atoms with Gasteiger partial charge >= 0.3 is 12.2 Å². The number of alkyl halides is 3. The summed E-state index contributed by atoms with van der Waals surface area (Å²) in [5, 5.41) is 5.79. The molecule has 22 heavy (non-hydrogen) atoms. The lowest BCUT2D eigenvalue weighted by molar-refractivity contribution is -0.141. The van der Waals surface area contributed by atoms with Crippen LogP contribution in [0.15, 0.2) is 17.5 Å². The van der Waals surface area contributed by atoms with Gasteiger partial charge in [-0.25, -0.2) is 4.79 Å². The zero-order valence-electron chi connectivity index (χ0n) is 11.4. The Bertz CT molecular complexity index is 603. The zero-order chi connectivity index (χ0) is 16.5. The highest BCUT2D eigenvalue weighted by Gasteiger charge is 2.50. The van der Waals surface area contributed by atoms with Gasteiger partial charge in [0.05, 0.1) is 0 Å². The molecule has 2 heterocycles. The van der Waals surface area contributed by atoms with E-state index in [9.17, 15) is 27.6 Å². The molecule has 4 amide bonds. The number of carbonyl (C=O) groups is 3. The number of rotatable bonds is 4. The summed E-state index contributed by atoms with van der Waals surface area (Å²) >= 11 is 1.25. The molecular formula is C12H12F3N3O3S. The van der Waals surface area contributed by atoms with Crippen molar-refractivity contribution in [2.24, 2.45) is 0 Å². The Labute approximate surface area is 127 Å². The predicted octanol–water partition coefficient (Wildman–Crippen LogP) is 1.19. The first kappa shape index (κ1) is 16.3. The van der Waals surface area contributed by atoms with E-state index in [0.29, 0.717) is 9.78 Å². The largest absolute Gasteiger partial charge is 0.405 e.